The molecule has 2 heterocycles. The van der Waals surface area contributed by atoms with Crippen LogP contribution in [0, 0.1) is 0 Å². The van der Waals surface area contributed by atoms with Crippen molar-refractivity contribution in [1.82, 2.24) is 9.80 Å². The zero-order chi connectivity index (χ0) is 20.2. The molecule has 0 unspecified atom stereocenters. The molecule has 1 fully saturated rings. The standard InChI is InChI=1S/C24H30N2O3/c1-18(19-8-4-3-5-9-19)25(2)24(27)17-26-13-6-10-21(26)20-11-12-22-23(16-20)29-15-7-14-28-22/h3-5,8-9,11-12,16,18,21H,6-7,10,13-15,17H2,1-2H3/t18-,21+/m0/s1. The van der Waals surface area contributed by atoms with Crippen molar-refractivity contribution in [2.45, 2.75) is 38.3 Å². The van der Waals surface area contributed by atoms with E-state index < -0.39 is 0 Å². The first-order chi connectivity index (χ1) is 14.1. The van der Waals surface area contributed by atoms with Gasteiger partial charge in [0.05, 0.1) is 25.8 Å². The highest BCUT2D eigenvalue weighted by Crippen LogP contribution is 2.38. The predicted molar refractivity (Wildman–Crippen MR) is 113 cm³/mol. The molecule has 0 aliphatic carbocycles. The quantitative estimate of drug-likeness (QED) is 0.762. The van der Waals surface area contributed by atoms with Crippen LogP contribution in [0.25, 0.3) is 0 Å². The van der Waals surface area contributed by atoms with Gasteiger partial charge in [0, 0.05) is 19.5 Å². The van der Waals surface area contributed by atoms with Crippen molar-refractivity contribution in [2.24, 2.45) is 0 Å². The first-order valence-corrected chi connectivity index (χ1v) is 10.6. The lowest BCUT2D eigenvalue weighted by molar-refractivity contribution is -0.133. The lowest BCUT2D eigenvalue weighted by Crippen LogP contribution is -2.39. The van der Waals surface area contributed by atoms with Gasteiger partial charge in [-0.15, -0.1) is 0 Å². The van der Waals surface area contributed by atoms with Gasteiger partial charge in [-0.1, -0.05) is 36.4 Å². The maximum Gasteiger partial charge on any atom is 0.237 e. The summed E-state index contributed by atoms with van der Waals surface area (Å²) >= 11 is 0. The van der Waals surface area contributed by atoms with E-state index in [2.05, 4.69) is 36.1 Å². The van der Waals surface area contributed by atoms with Crippen LogP contribution in [0.4, 0.5) is 0 Å². The largest absolute Gasteiger partial charge is 0.490 e. The minimum atomic E-state index is 0.0581. The Kier molecular flexibility index (Phi) is 6.05. The molecule has 5 heteroatoms. The van der Waals surface area contributed by atoms with E-state index in [9.17, 15) is 4.79 Å². The third-order valence-electron chi connectivity index (χ3n) is 6.11. The van der Waals surface area contributed by atoms with E-state index in [0.29, 0.717) is 19.8 Å². The monoisotopic (exact) mass is 394 g/mol. The second-order valence-electron chi connectivity index (χ2n) is 7.98. The fourth-order valence-corrected chi connectivity index (χ4v) is 4.24. The Morgan fingerprint density at radius 1 is 1.10 bits per heavy atom. The minimum absolute atomic E-state index is 0.0581. The number of ether oxygens (including phenoxy) is 2. The van der Waals surface area contributed by atoms with E-state index in [0.717, 1.165) is 42.9 Å². The van der Waals surface area contributed by atoms with Crippen LogP contribution in [0.15, 0.2) is 48.5 Å². The molecule has 154 valence electrons. The fraction of sp³-hybridized carbons (Fsp3) is 0.458. The summed E-state index contributed by atoms with van der Waals surface area (Å²) in [6.07, 6.45) is 3.06. The lowest BCUT2D eigenvalue weighted by Gasteiger charge is -2.30. The van der Waals surface area contributed by atoms with E-state index in [4.69, 9.17) is 9.47 Å². The highest BCUT2D eigenvalue weighted by molar-refractivity contribution is 5.78. The van der Waals surface area contributed by atoms with Crippen LogP contribution in [0.2, 0.25) is 0 Å². The van der Waals surface area contributed by atoms with Crippen molar-refractivity contribution in [1.29, 1.82) is 0 Å². The molecule has 0 bridgehead atoms. The van der Waals surface area contributed by atoms with Gasteiger partial charge in [0.1, 0.15) is 0 Å². The summed E-state index contributed by atoms with van der Waals surface area (Å²) in [7, 11) is 1.90. The van der Waals surface area contributed by atoms with Crippen molar-refractivity contribution in [2.75, 3.05) is 33.4 Å². The van der Waals surface area contributed by atoms with Gasteiger partial charge in [-0.05, 0) is 49.6 Å². The average molecular weight is 395 g/mol. The molecule has 2 aromatic rings. The van der Waals surface area contributed by atoms with Gasteiger partial charge in [-0.3, -0.25) is 9.69 Å². The van der Waals surface area contributed by atoms with E-state index in [1.165, 1.54) is 5.56 Å². The molecule has 0 N–H and O–H groups in total. The summed E-state index contributed by atoms with van der Waals surface area (Å²) < 4.78 is 11.6. The Balaban J connectivity index is 1.45. The zero-order valence-corrected chi connectivity index (χ0v) is 17.3. The van der Waals surface area contributed by atoms with Gasteiger partial charge in [0.15, 0.2) is 11.5 Å². The fourth-order valence-electron chi connectivity index (χ4n) is 4.24. The minimum Gasteiger partial charge on any atom is -0.490 e. The Labute approximate surface area is 173 Å². The maximum absolute atomic E-state index is 13.0. The number of hydrogen-bond donors (Lipinski definition) is 0. The van der Waals surface area contributed by atoms with Crippen molar-refractivity contribution >= 4 is 5.91 Å². The Morgan fingerprint density at radius 2 is 1.86 bits per heavy atom. The molecule has 2 aliphatic heterocycles. The molecule has 4 rings (SSSR count). The Bertz CT molecular complexity index is 839. The molecule has 2 aliphatic rings. The van der Waals surface area contributed by atoms with Crippen LogP contribution in [-0.4, -0.2) is 49.1 Å². The number of hydrogen-bond acceptors (Lipinski definition) is 4. The second kappa shape index (κ2) is 8.87. The van der Waals surface area contributed by atoms with Crippen LogP contribution in [0.1, 0.15) is 49.4 Å². The molecule has 0 saturated carbocycles. The van der Waals surface area contributed by atoms with Crippen LogP contribution in [-0.2, 0) is 4.79 Å². The summed E-state index contributed by atoms with van der Waals surface area (Å²) in [5.74, 6) is 1.80. The number of amides is 1. The molecule has 1 saturated heterocycles. The summed E-state index contributed by atoms with van der Waals surface area (Å²) in [5.41, 5.74) is 2.36. The molecule has 2 atom stereocenters. The van der Waals surface area contributed by atoms with E-state index >= 15 is 0 Å². The van der Waals surface area contributed by atoms with Gasteiger partial charge in [-0.25, -0.2) is 0 Å². The van der Waals surface area contributed by atoms with Gasteiger partial charge < -0.3 is 14.4 Å². The Hall–Kier alpha value is -2.53. The molecule has 29 heavy (non-hydrogen) atoms. The number of nitrogens with zero attached hydrogens (tertiary/aromatic N) is 2. The number of likely N-dealkylation sites (N-methyl/N-ethyl adjacent to an activating group) is 1. The van der Waals surface area contributed by atoms with Gasteiger partial charge in [0.2, 0.25) is 5.91 Å². The molecule has 0 radical (unpaired) electrons. The third kappa shape index (κ3) is 4.40. The zero-order valence-electron chi connectivity index (χ0n) is 17.3. The molecule has 0 aromatic heterocycles. The summed E-state index contributed by atoms with van der Waals surface area (Å²) in [6.45, 7) is 4.84. The molecule has 1 amide bonds. The summed E-state index contributed by atoms with van der Waals surface area (Å²) in [4.78, 5) is 17.2. The van der Waals surface area contributed by atoms with Crippen LogP contribution >= 0.6 is 0 Å². The predicted octanol–water partition coefficient (Wildman–Crippen LogP) is 4.20. The van der Waals surface area contributed by atoms with E-state index in [1.807, 2.05) is 36.2 Å². The van der Waals surface area contributed by atoms with Crippen molar-refractivity contribution in [3.63, 3.8) is 0 Å². The number of carbonyl (C=O) groups is 1. The normalized spacial score (nSPS) is 20.1. The van der Waals surface area contributed by atoms with Crippen molar-refractivity contribution in [3.05, 3.63) is 59.7 Å². The second-order valence-corrected chi connectivity index (χ2v) is 7.98. The summed E-state index contributed by atoms with van der Waals surface area (Å²) in [6, 6.07) is 16.7. The highest BCUT2D eigenvalue weighted by atomic mass is 16.5. The average Bonchev–Trinajstić information content (AvgIpc) is 3.08. The van der Waals surface area contributed by atoms with Gasteiger partial charge in [0.25, 0.3) is 0 Å². The molecule has 2 aromatic carbocycles. The van der Waals surface area contributed by atoms with Crippen molar-refractivity contribution in [3.8, 4) is 11.5 Å². The van der Waals surface area contributed by atoms with Gasteiger partial charge >= 0.3 is 0 Å². The van der Waals surface area contributed by atoms with E-state index in [1.54, 1.807) is 0 Å². The highest BCUT2D eigenvalue weighted by Gasteiger charge is 2.30. The molecule has 0 spiro atoms. The molecular formula is C24H30N2O3. The smallest absolute Gasteiger partial charge is 0.237 e. The van der Waals surface area contributed by atoms with Crippen LogP contribution in [0.3, 0.4) is 0 Å². The number of likely N-dealkylation sites (tertiary alicyclic amines) is 1. The maximum atomic E-state index is 13.0. The SMILES string of the molecule is C[C@@H](c1ccccc1)N(C)C(=O)CN1CCC[C@@H]1c1ccc2c(c1)OCCCO2. The summed E-state index contributed by atoms with van der Waals surface area (Å²) in [5, 5.41) is 0. The number of fused-ring (bicyclic) bond motifs is 1. The number of carbonyl (C=O) groups excluding carboxylic acids is 1. The lowest BCUT2D eigenvalue weighted by atomic mass is 10.0. The van der Waals surface area contributed by atoms with Gasteiger partial charge in [-0.2, -0.15) is 0 Å². The van der Waals surface area contributed by atoms with Crippen LogP contribution < -0.4 is 9.47 Å². The topological polar surface area (TPSA) is 42.0 Å². The van der Waals surface area contributed by atoms with E-state index in [-0.39, 0.29) is 18.0 Å². The first kappa shape index (κ1) is 19.8. The number of rotatable bonds is 5. The third-order valence-corrected chi connectivity index (χ3v) is 6.11. The molecule has 5 nitrogen and oxygen atoms in total. The molecular weight excluding hydrogens is 364 g/mol. The van der Waals surface area contributed by atoms with Crippen molar-refractivity contribution < 1.29 is 14.3 Å². The first-order valence-electron chi connectivity index (χ1n) is 10.6. The van der Waals surface area contributed by atoms with Crippen LogP contribution in [0.5, 0.6) is 11.5 Å². The number of benzene rings is 2. The Morgan fingerprint density at radius 3 is 2.66 bits per heavy atom.